The highest BCUT2D eigenvalue weighted by Crippen LogP contribution is 2.38. The molecule has 0 fully saturated rings. The fourth-order valence-corrected chi connectivity index (χ4v) is 2.74. The number of rotatable bonds is 5. The first-order chi connectivity index (χ1) is 13.3. The number of amides is 2. The van der Waals surface area contributed by atoms with Crippen molar-refractivity contribution in [3.8, 4) is 0 Å². The average molecular weight is 388 g/mol. The molecule has 1 N–H and O–H groups in total. The van der Waals surface area contributed by atoms with Crippen molar-refractivity contribution in [3.05, 3.63) is 78.6 Å². The van der Waals surface area contributed by atoms with Crippen molar-refractivity contribution in [3.63, 3.8) is 0 Å². The molecule has 0 aliphatic carbocycles. The lowest BCUT2D eigenvalue weighted by Crippen LogP contribution is -2.63. The van der Waals surface area contributed by atoms with Gasteiger partial charge in [0.15, 0.2) is 0 Å². The molecule has 0 saturated carbocycles. The van der Waals surface area contributed by atoms with Crippen LogP contribution in [-0.4, -0.2) is 45.9 Å². The van der Waals surface area contributed by atoms with Crippen LogP contribution in [0.4, 0.5) is 13.2 Å². The predicted octanol–water partition coefficient (Wildman–Crippen LogP) is 2.54. The second-order valence-electron chi connectivity index (χ2n) is 5.91. The molecule has 6 nitrogen and oxygen atoms in total. The van der Waals surface area contributed by atoms with Gasteiger partial charge in [0.1, 0.15) is 5.84 Å². The van der Waals surface area contributed by atoms with Crippen molar-refractivity contribution in [1.29, 1.82) is 0 Å². The zero-order valence-electron chi connectivity index (χ0n) is 14.5. The van der Waals surface area contributed by atoms with Gasteiger partial charge in [-0.1, -0.05) is 36.4 Å². The molecule has 1 atom stereocenters. The van der Waals surface area contributed by atoms with Crippen LogP contribution < -0.4 is 5.32 Å². The maximum absolute atomic E-state index is 14.0. The fraction of sp³-hybridized carbons (Fsp3) is 0.158. The third-order valence-corrected chi connectivity index (χ3v) is 4.06. The number of hydrogen-bond donors (Lipinski definition) is 1. The summed E-state index contributed by atoms with van der Waals surface area (Å²) >= 11 is 0. The van der Waals surface area contributed by atoms with E-state index in [2.05, 4.69) is 16.6 Å². The highest BCUT2D eigenvalue weighted by molar-refractivity contribution is 6.16. The van der Waals surface area contributed by atoms with Crippen molar-refractivity contribution in [2.24, 2.45) is 4.99 Å². The number of carbonyl (C=O) groups excluding carboxylic acids is 2. The maximum Gasteiger partial charge on any atom is 0.442 e. The van der Waals surface area contributed by atoms with Crippen LogP contribution in [0.25, 0.3) is 0 Å². The lowest BCUT2D eigenvalue weighted by atomic mass is 10.1. The number of aliphatic imine (C=N–C) groups is 1. The fourth-order valence-electron chi connectivity index (χ4n) is 2.74. The summed E-state index contributed by atoms with van der Waals surface area (Å²) in [5.74, 6) is -2.72. The molecule has 0 spiro atoms. The van der Waals surface area contributed by atoms with Crippen LogP contribution in [0, 0.1) is 0 Å². The molecule has 3 rings (SSSR count). The Bertz CT molecular complexity index is 929. The largest absolute Gasteiger partial charge is 0.442 e. The highest BCUT2D eigenvalue weighted by atomic mass is 19.4. The Morgan fingerprint density at radius 2 is 1.93 bits per heavy atom. The molecule has 9 heteroatoms. The molecule has 28 heavy (non-hydrogen) atoms. The van der Waals surface area contributed by atoms with E-state index in [4.69, 9.17) is 0 Å². The number of nitrogens with one attached hydrogen (secondary N) is 1. The average Bonchev–Trinajstić information content (AvgIpc) is 2.97. The number of aromatic nitrogens is 1. The minimum Gasteiger partial charge on any atom is -0.312 e. The first-order valence-corrected chi connectivity index (χ1v) is 8.17. The van der Waals surface area contributed by atoms with E-state index in [1.165, 1.54) is 36.5 Å². The van der Waals surface area contributed by atoms with Crippen molar-refractivity contribution in [2.75, 3.05) is 6.54 Å². The molecule has 0 bridgehead atoms. The Balaban J connectivity index is 2.11. The van der Waals surface area contributed by atoms with E-state index in [1.54, 1.807) is 23.5 Å². The van der Waals surface area contributed by atoms with Gasteiger partial charge in [0.05, 0.1) is 5.56 Å². The van der Waals surface area contributed by atoms with Crippen LogP contribution in [0.5, 0.6) is 0 Å². The third-order valence-electron chi connectivity index (χ3n) is 4.06. The van der Waals surface area contributed by atoms with Crippen molar-refractivity contribution < 1.29 is 22.8 Å². The van der Waals surface area contributed by atoms with Gasteiger partial charge in [-0.2, -0.15) is 13.2 Å². The molecule has 2 amide bonds. The molecule has 1 aromatic carbocycles. The summed E-state index contributed by atoms with van der Waals surface area (Å²) in [7, 11) is 0. The third kappa shape index (κ3) is 3.26. The van der Waals surface area contributed by atoms with Gasteiger partial charge < -0.3 is 5.32 Å². The van der Waals surface area contributed by atoms with E-state index in [-0.39, 0.29) is 17.9 Å². The normalized spacial score (nSPS) is 19.3. The summed E-state index contributed by atoms with van der Waals surface area (Å²) in [6.07, 6.45) is -1.42. The van der Waals surface area contributed by atoms with Crippen LogP contribution in [-0.2, 0) is 4.79 Å². The van der Waals surface area contributed by atoms with Crippen molar-refractivity contribution in [1.82, 2.24) is 15.2 Å². The van der Waals surface area contributed by atoms with E-state index in [9.17, 15) is 22.8 Å². The Labute approximate surface area is 158 Å². The van der Waals surface area contributed by atoms with Crippen molar-refractivity contribution >= 4 is 17.6 Å². The molecule has 2 heterocycles. The van der Waals surface area contributed by atoms with E-state index in [1.807, 2.05) is 0 Å². The van der Waals surface area contributed by atoms with Crippen LogP contribution in [0.3, 0.4) is 0 Å². The first kappa shape index (κ1) is 19.3. The minimum atomic E-state index is -5.17. The van der Waals surface area contributed by atoms with Gasteiger partial charge in [-0.05, 0) is 12.1 Å². The summed E-state index contributed by atoms with van der Waals surface area (Å²) in [4.78, 5) is 33.4. The Hall–Kier alpha value is -3.49. The molecule has 1 aliphatic heterocycles. The quantitative estimate of drug-likeness (QED) is 0.800. The van der Waals surface area contributed by atoms with Gasteiger partial charge in [0.2, 0.25) is 0 Å². The van der Waals surface area contributed by atoms with Gasteiger partial charge in [-0.15, -0.1) is 6.58 Å². The van der Waals surface area contributed by atoms with Gasteiger partial charge >= 0.3 is 11.8 Å². The van der Waals surface area contributed by atoms with Crippen LogP contribution >= 0.6 is 0 Å². The number of hydrogen-bond acceptors (Lipinski definition) is 4. The van der Waals surface area contributed by atoms with Crippen molar-refractivity contribution in [2.45, 2.75) is 11.8 Å². The monoisotopic (exact) mass is 388 g/mol. The predicted molar refractivity (Wildman–Crippen MR) is 95.4 cm³/mol. The Kier molecular flexibility index (Phi) is 5.00. The number of pyridine rings is 1. The summed E-state index contributed by atoms with van der Waals surface area (Å²) in [5, 5.41) is 1.77. The summed E-state index contributed by atoms with van der Waals surface area (Å²) in [6, 6.07) is 10.6. The first-order valence-electron chi connectivity index (χ1n) is 8.17. The SMILES string of the molecule is C=CCN1C(=O)C(NC(=O)c2cccnc2)(C(F)(F)F)N=C1c1ccccc1. The lowest BCUT2D eigenvalue weighted by molar-refractivity contribution is -0.196. The Morgan fingerprint density at radius 1 is 1.21 bits per heavy atom. The van der Waals surface area contributed by atoms with Gasteiger partial charge in [0.25, 0.3) is 11.8 Å². The zero-order valence-corrected chi connectivity index (χ0v) is 14.5. The molecular formula is C19H15F3N4O2. The summed E-state index contributed by atoms with van der Waals surface area (Å²) in [6.45, 7) is 3.28. The smallest absolute Gasteiger partial charge is 0.312 e. The zero-order chi connectivity index (χ0) is 20.4. The van der Waals surface area contributed by atoms with E-state index in [0.29, 0.717) is 5.56 Å². The highest BCUT2D eigenvalue weighted by Gasteiger charge is 2.67. The number of alkyl halides is 3. The van der Waals surface area contributed by atoms with Gasteiger partial charge in [0, 0.05) is 24.5 Å². The molecule has 1 aromatic heterocycles. The molecule has 1 aliphatic rings. The second-order valence-corrected chi connectivity index (χ2v) is 5.91. The van der Waals surface area contributed by atoms with Crippen LogP contribution in [0.1, 0.15) is 15.9 Å². The van der Waals surface area contributed by atoms with E-state index in [0.717, 1.165) is 11.1 Å². The molecule has 2 aromatic rings. The van der Waals surface area contributed by atoms with E-state index < -0.39 is 23.7 Å². The number of carbonyl (C=O) groups is 2. The molecule has 1 unspecified atom stereocenters. The molecular weight excluding hydrogens is 373 g/mol. The molecule has 0 saturated heterocycles. The number of nitrogens with zero attached hydrogens (tertiary/aromatic N) is 3. The minimum absolute atomic E-state index is 0.127. The second kappa shape index (κ2) is 7.26. The number of halogens is 3. The standard InChI is InChI=1S/C19H15F3N4O2/c1-2-11-26-15(13-7-4-3-5-8-13)24-18(17(26)28,19(20,21)22)25-16(27)14-9-6-10-23-12-14/h2-10,12H,1,11H2,(H,25,27). The van der Waals surface area contributed by atoms with E-state index >= 15 is 0 Å². The molecule has 144 valence electrons. The maximum atomic E-state index is 14.0. The number of amidine groups is 1. The van der Waals surface area contributed by atoms with Gasteiger partial charge in [-0.3, -0.25) is 19.5 Å². The number of benzene rings is 1. The molecule has 0 radical (unpaired) electrons. The lowest BCUT2D eigenvalue weighted by Gasteiger charge is -2.28. The topological polar surface area (TPSA) is 74.7 Å². The van der Waals surface area contributed by atoms with Gasteiger partial charge in [-0.25, -0.2) is 4.99 Å². The summed E-state index contributed by atoms with van der Waals surface area (Å²) < 4.78 is 42.1. The summed E-state index contributed by atoms with van der Waals surface area (Å²) in [5.41, 5.74) is -3.26. The van der Waals surface area contributed by atoms with Crippen LogP contribution in [0.2, 0.25) is 0 Å². The van der Waals surface area contributed by atoms with Crippen LogP contribution in [0.15, 0.2) is 72.5 Å². The Morgan fingerprint density at radius 3 is 2.50 bits per heavy atom.